The molecule has 5 heteroatoms. The Hall–Kier alpha value is -2.27. The highest BCUT2D eigenvalue weighted by molar-refractivity contribution is 8.00. The molecule has 0 bridgehead atoms. The van der Waals surface area contributed by atoms with Gasteiger partial charge in [0, 0.05) is 22.8 Å². The van der Waals surface area contributed by atoms with Gasteiger partial charge in [0.25, 0.3) is 0 Å². The van der Waals surface area contributed by atoms with Gasteiger partial charge in [0.05, 0.1) is 20.0 Å². The zero-order valence-corrected chi connectivity index (χ0v) is 14.5. The summed E-state index contributed by atoms with van der Waals surface area (Å²) in [4.78, 5) is 24.1. The van der Waals surface area contributed by atoms with Crippen LogP contribution in [0.5, 0.6) is 5.75 Å². The van der Waals surface area contributed by atoms with E-state index in [-0.39, 0.29) is 29.2 Å². The van der Waals surface area contributed by atoms with Crippen molar-refractivity contribution in [2.24, 2.45) is 0 Å². The number of esters is 1. The van der Waals surface area contributed by atoms with Crippen LogP contribution < -0.4 is 4.74 Å². The number of benzene rings is 2. The van der Waals surface area contributed by atoms with Crippen LogP contribution in [0.3, 0.4) is 0 Å². The van der Waals surface area contributed by atoms with Gasteiger partial charge in [-0.05, 0) is 6.07 Å². The molecular formula is C19H20O4S. The van der Waals surface area contributed by atoms with Gasteiger partial charge in [-0.15, -0.1) is 11.8 Å². The number of ether oxygens (including phenoxy) is 2. The van der Waals surface area contributed by atoms with E-state index in [0.29, 0.717) is 11.3 Å². The van der Waals surface area contributed by atoms with Crippen LogP contribution in [0.2, 0.25) is 0 Å². The lowest BCUT2D eigenvalue weighted by molar-refractivity contribution is -0.137. The molecule has 126 valence electrons. The Balaban J connectivity index is 2.22. The molecule has 0 heterocycles. The zero-order valence-electron chi connectivity index (χ0n) is 13.7. The number of hydrogen-bond acceptors (Lipinski definition) is 5. The van der Waals surface area contributed by atoms with Gasteiger partial charge in [-0.2, -0.15) is 0 Å². The topological polar surface area (TPSA) is 52.6 Å². The Morgan fingerprint density at radius 3 is 2.33 bits per heavy atom. The normalized spacial score (nSPS) is 11.6. The van der Waals surface area contributed by atoms with Gasteiger partial charge in [-0.25, -0.2) is 0 Å². The first-order chi connectivity index (χ1) is 11.7. The molecule has 0 spiro atoms. The van der Waals surface area contributed by atoms with Crippen molar-refractivity contribution in [1.29, 1.82) is 0 Å². The molecule has 0 aliphatic carbocycles. The average Bonchev–Trinajstić information content (AvgIpc) is 2.65. The Kier molecular flexibility index (Phi) is 6.88. The summed E-state index contributed by atoms with van der Waals surface area (Å²) >= 11 is 1.38. The van der Waals surface area contributed by atoms with Crippen LogP contribution in [0.25, 0.3) is 0 Å². The number of rotatable bonds is 8. The fourth-order valence-corrected chi connectivity index (χ4v) is 3.43. The van der Waals surface area contributed by atoms with Crippen molar-refractivity contribution in [3.8, 4) is 5.75 Å². The van der Waals surface area contributed by atoms with Gasteiger partial charge in [-0.3, -0.25) is 9.59 Å². The number of carbonyl (C=O) groups excluding carboxylic acids is 2. The molecule has 0 aliphatic rings. The second kappa shape index (κ2) is 9.13. The summed E-state index contributed by atoms with van der Waals surface area (Å²) < 4.78 is 10.1. The van der Waals surface area contributed by atoms with E-state index < -0.39 is 0 Å². The fourth-order valence-electron chi connectivity index (χ4n) is 2.33. The van der Waals surface area contributed by atoms with Crippen molar-refractivity contribution in [3.63, 3.8) is 0 Å². The first-order valence-electron chi connectivity index (χ1n) is 7.55. The van der Waals surface area contributed by atoms with Crippen LogP contribution in [0.1, 0.15) is 27.6 Å². The number of ketones is 1. The van der Waals surface area contributed by atoms with Crippen LogP contribution in [0.15, 0.2) is 54.6 Å². The van der Waals surface area contributed by atoms with Crippen molar-refractivity contribution >= 4 is 23.5 Å². The summed E-state index contributed by atoms with van der Waals surface area (Å²) in [7, 11) is 2.95. The van der Waals surface area contributed by atoms with Crippen molar-refractivity contribution in [3.05, 3.63) is 65.7 Å². The van der Waals surface area contributed by atoms with Gasteiger partial charge in [0.2, 0.25) is 0 Å². The van der Waals surface area contributed by atoms with Crippen LogP contribution in [0, 0.1) is 0 Å². The molecule has 0 aromatic heterocycles. The highest BCUT2D eigenvalue weighted by Crippen LogP contribution is 2.38. The monoisotopic (exact) mass is 344 g/mol. The van der Waals surface area contributed by atoms with E-state index in [2.05, 4.69) is 0 Å². The summed E-state index contributed by atoms with van der Waals surface area (Å²) in [6.45, 7) is 0. The Morgan fingerprint density at radius 1 is 1.00 bits per heavy atom. The van der Waals surface area contributed by atoms with Crippen molar-refractivity contribution < 1.29 is 19.1 Å². The van der Waals surface area contributed by atoms with Crippen LogP contribution in [-0.2, 0) is 9.53 Å². The first kappa shape index (κ1) is 18.1. The van der Waals surface area contributed by atoms with Crippen molar-refractivity contribution in [1.82, 2.24) is 0 Å². The maximum absolute atomic E-state index is 12.6. The minimum Gasteiger partial charge on any atom is -0.496 e. The molecule has 0 unspecified atom stereocenters. The third kappa shape index (κ3) is 4.86. The summed E-state index contributed by atoms with van der Waals surface area (Å²) in [6, 6.07) is 16.7. The highest BCUT2D eigenvalue weighted by Gasteiger charge is 2.22. The van der Waals surface area contributed by atoms with E-state index in [9.17, 15) is 9.59 Å². The highest BCUT2D eigenvalue weighted by atomic mass is 32.2. The molecule has 0 radical (unpaired) electrons. The lowest BCUT2D eigenvalue weighted by atomic mass is 10.0. The molecule has 0 N–H and O–H groups in total. The molecule has 0 aliphatic heterocycles. The first-order valence-corrected chi connectivity index (χ1v) is 8.60. The molecular weight excluding hydrogens is 324 g/mol. The Morgan fingerprint density at radius 2 is 1.67 bits per heavy atom. The smallest absolute Gasteiger partial charge is 0.315 e. The fraction of sp³-hybridized carbons (Fsp3) is 0.263. The van der Waals surface area contributed by atoms with E-state index >= 15 is 0 Å². The molecule has 0 saturated carbocycles. The van der Waals surface area contributed by atoms with Gasteiger partial charge in [-0.1, -0.05) is 48.5 Å². The quantitative estimate of drug-likeness (QED) is 0.537. The largest absolute Gasteiger partial charge is 0.496 e. The molecule has 2 rings (SSSR count). The van der Waals surface area contributed by atoms with E-state index in [1.807, 2.05) is 42.5 Å². The molecule has 0 fully saturated rings. The molecule has 2 aromatic carbocycles. The molecule has 1 atom stereocenters. The van der Waals surface area contributed by atoms with Gasteiger partial charge < -0.3 is 9.47 Å². The molecule has 0 amide bonds. The maximum atomic E-state index is 12.6. The predicted octanol–water partition coefficient (Wildman–Crippen LogP) is 3.92. The zero-order chi connectivity index (χ0) is 17.4. The summed E-state index contributed by atoms with van der Waals surface area (Å²) in [5.41, 5.74) is 1.56. The predicted molar refractivity (Wildman–Crippen MR) is 95.6 cm³/mol. The van der Waals surface area contributed by atoms with Gasteiger partial charge in [0.1, 0.15) is 5.75 Å². The Bertz CT molecular complexity index is 685. The number of carbonyl (C=O) groups is 2. The molecule has 4 nitrogen and oxygen atoms in total. The van der Waals surface area contributed by atoms with Crippen LogP contribution in [0.4, 0.5) is 0 Å². The number of thioether (sulfide) groups is 1. The van der Waals surface area contributed by atoms with Crippen LogP contribution >= 0.6 is 11.8 Å². The van der Waals surface area contributed by atoms with E-state index in [1.54, 1.807) is 19.2 Å². The van der Waals surface area contributed by atoms with Crippen molar-refractivity contribution in [2.75, 3.05) is 20.0 Å². The second-order valence-electron chi connectivity index (χ2n) is 5.11. The third-order valence-corrected chi connectivity index (χ3v) is 4.81. The van der Waals surface area contributed by atoms with Crippen molar-refractivity contribution in [2.45, 2.75) is 11.7 Å². The van der Waals surface area contributed by atoms with Gasteiger partial charge >= 0.3 is 5.97 Å². The number of hydrogen-bond donors (Lipinski definition) is 0. The van der Waals surface area contributed by atoms with E-state index in [0.717, 1.165) is 5.56 Å². The average molecular weight is 344 g/mol. The number of methoxy groups -OCH3 is 2. The molecule has 0 saturated heterocycles. The van der Waals surface area contributed by atoms with E-state index in [4.69, 9.17) is 9.47 Å². The lowest BCUT2D eigenvalue weighted by Gasteiger charge is -2.18. The minimum atomic E-state index is -0.313. The summed E-state index contributed by atoms with van der Waals surface area (Å²) in [5.74, 6) is 0.609. The molecule has 2 aromatic rings. The van der Waals surface area contributed by atoms with Crippen LogP contribution in [-0.4, -0.2) is 31.7 Å². The Labute approximate surface area is 146 Å². The summed E-state index contributed by atoms with van der Waals surface area (Å²) in [6.07, 6.45) is 0.284. The third-order valence-electron chi connectivity index (χ3n) is 3.58. The standard InChI is InChI=1S/C19H20O4S/c1-22-17-11-7-6-10-15(17)18(24-13-19(21)23-2)12-16(20)14-8-4-3-5-9-14/h3-11,18H,12-13H2,1-2H3/t18-/m1/s1. The maximum Gasteiger partial charge on any atom is 0.315 e. The van der Waals surface area contributed by atoms with E-state index in [1.165, 1.54) is 18.9 Å². The number of para-hydroxylation sites is 1. The SMILES string of the molecule is COC(=O)CS[C@H](CC(=O)c1ccccc1)c1ccccc1OC. The minimum absolute atomic E-state index is 0.0314. The number of Topliss-reactive ketones (excluding diaryl/α,β-unsaturated/α-hetero) is 1. The van der Waals surface area contributed by atoms with Gasteiger partial charge in [0.15, 0.2) is 5.78 Å². The second-order valence-corrected chi connectivity index (χ2v) is 6.30. The lowest BCUT2D eigenvalue weighted by Crippen LogP contribution is -2.10. The summed E-state index contributed by atoms with van der Waals surface area (Å²) in [5, 5.41) is -0.187. The molecule has 24 heavy (non-hydrogen) atoms.